The SMILES string of the molecule is Nc1ccccc1C(=O)Nc1ccc(Br)cc1Cl. The highest BCUT2D eigenvalue weighted by Gasteiger charge is 2.10. The molecule has 0 aliphatic heterocycles. The fourth-order valence-corrected chi connectivity index (χ4v) is 2.20. The van der Waals surface area contributed by atoms with E-state index in [-0.39, 0.29) is 5.91 Å². The number of amides is 1. The van der Waals surface area contributed by atoms with Gasteiger partial charge in [-0.25, -0.2) is 0 Å². The van der Waals surface area contributed by atoms with Gasteiger partial charge in [0.25, 0.3) is 5.91 Å². The van der Waals surface area contributed by atoms with Crippen molar-refractivity contribution in [3.05, 3.63) is 57.5 Å². The van der Waals surface area contributed by atoms with Crippen molar-refractivity contribution >= 4 is 44.8 Å². The van der Waals surface area contributed by atoms with Crippen molar-refractivity contribution in [1.29, 1.82) is 0 Å². The molecule has 18 heavy (non-hydrogen) atoms. The lowest BCUT2D eigenvalue weighted by molar-refractivity contribution is 0.102. The molecule has 2 rings (SSSR count). The number of nitrogen functional groups attached to an aromatic ring is 1. The van der Waals surface area contributed by atoms with Gasteiger partial charge in [-0.2, -0.15) is 0 Å². The molecule has 0 atom stereocenters. The van der Waals surface area contributed by atoms with Crippen LogP contribution in [0.5, 0.6) is 0 Å². The van der Waals surface area contributed by atoms with Gasteiger partial charge < -0.3 is 11.1 Å². The van der Waals surface area contributed by atoms with E-state index in [1.165, 1.54) is 0 Å². The first kappa shape index (κ1) is 12.9. The van der Waals surface area contributed by atoms with E-state index < -0.39 is 0 Å². The maximum atomic E-state index is 12.0. The standard InChI is InChI=1S/C13H10BrClN2O/c14-8-5-6-12(10(15)7-8)17-13(18)9-3-1-2-4-11(9)16/h1-7H,16H2,(H,17,18). The maximum Gasteiger partial charge on any atom is 0.257 e. The van der Waals surface area contributed by atoms with Gasteiger partial charge in [-0.05, 0) is 30.3 Å². The Hall–Kier alpha value is -1.52. The quantitative estimate of drug-likeness (QED) is 0.822. The lowest BCUT2D eigenvalue weighted by Gasteiger charge is -2.09. The Morgan fingerprint density at radius 3 is 2.61 bits per heavy atom. The van der Waals surface area contributed by atoms with Crippen LogP contribution in [0.4, 0.5) is 11.4 Å². The number of carbonyl (C=O) groups is 1. The van der Waals surface area contributed by atoms with E-state index in [9.17, 15) is 4.79 Å². The van der Waals surface area contributed by atoms with Crippen LogP contribution in [0.1, 0.15) is 10.4 Å². The number of halogens is 2. The Morgan fingerprint density at radius 2 is 1.94 bits per heavy atom. The third kappa shape index (κ3) is 2.83. The smallest absolute Gasteiger partial charge is 0.257 e. The second-order valence-electron chi connectivity index (χ2n) is 3.67. The van der Waals surface area contributed by atoms with E-state index in [2.05, 4.69) is 21.2 Å². The van der Waals surface area contributed by atoms with Crippen molar-refractivity contribution in [2.24, 2.45) is 0 Å². The van der Waals surface area contributed by atoms with Gasteiger partial charge in [0, 0.05) is 10.2 Å². The first-order chi connectivity index (χ1) is 8.58. The maximum absolute atomic E-state index is 12.0. The first-order valence-electron chi connectivity index (χ1n) is 5.19. The number of carbonyl (C=O) groups excluding carboxylic acids is 1. The molecular formula is C13H10BrClN2O. The molecule has 0 radical (unpaired) electrons. The Kier molecular flexibility index (Phi) is 3.89. The van der Waals surface area contributed by atoms with Crippen LogP contribution in [-0.2, 0) is 0 Å². The molecular weight excluding hydrogens is 316 g/mol. The van der Waals surface area contributed by atoms with Gasteiger partial charge in [-0.3, -0.25) is 4.79 Å². The van der Waals surface area contributed by atoms with Gasteiger partial charge >= 0.3 is 0 Å². The number of benzene rings is 2. The van der Waals surface area contributed by atoms with Crippen LogP contribution in [-0.4, -0.2) is 5.91 Å². The molecule has 0 spiro atoms. The minimum Gasteiger partial charge on any atom is -0.398 e. The van der Waals surface area contributed by atoms with Crippen LogP contribution in [0.3, 0.4) is 0 Å². The van der Waals surface area contributed by atoms with Gasteiger partial charge in [0.2, 0.25) is 0 Å². The molecule has 0 saturated heterocycles. The van der Waals surface area contributed by atoms with Crippen molar-refractivity contribution in [2.75, 3.05) is 11.1 Å². The molecule has 0 aromatic heterocycles. The Bertz CT molecular complexity index is 601. The predicted molar refractivity (Wildman–Crippen MR) is 78.0 cm³/mol. The number of nitrogens with one attached hydrogen (secondary N) is 1. The predicted octanol–water partition coefficient (Wildman–Crippen LogP) is 3.94. The first-order valence-corrected chi connectivity index (χ1v) is 6.36. The molecule has 0 aliphatic carbocycles. The zero-order valence-electron chi connectivity index (χ0n) is 9.28. The summed E-state index contributed by atoms with van der Waals surface area (Å²) >= 11 is 9.33. The third-order valence-corrected chi connectivity index (χ3v) is 3.19. The summed E-state index contributed by atoms with van der Waals surface area (Å²) in [4.78, 5) is 12.0. The molecule has 1 amide bonds. The number of para-hydroxylation sites is 1. The molecule has 92 valence electrons. The second kappa shape index (κ2) is 5.42. The van der Waals surface area contributed by atoms with Gasteiger partial charge in [0.05, 0.1) is 16.3 Å². The van der Waals surface area contributed by atoms with Crippen LogP contribution < -0.4 is 11.1 Å². The second-order valence-corrected chi connectivity index (χ2v) is 4.99. The van der Waals surface area contributed by atoms with Crippen molar-refractivity contribution in [2.45, 2.75) is 0 Å². The van der Waals surface area contributed by atoms with Gasteiger partial charge in [0.1, 0.15) is 0 Å². The summed E-state index contributed by atoms with van der Waals surface area (Å²) in [6.45, 7) is 0. The summed E-state index contributed by atoms with van der Waals surface area (Å²) in [6, 6.07) is 12.1. The summed E-state index contributed by atoms with van der Waals surface area (Å²) < 4.78 is 0.852. The van der Waals surface area contributed by atoms with E-state index in [1.807, 2.05) is 0 Å². The highest BCUT2D eigenvalue weighted by Crippen LogP contribution is 2.26. The minimum atomic E-state index is -0.280. The molecule has 0 heterocycles. The van der Waals surface area contributed by atoms with Crippen LogP contribution in [0, 0.1) is 0 Å². The molecule has 0 saturated carbocycles. The van der Waals surface area contributed by atoms with E-state index in [0.717, 1.165) is 4.47 Å². The fraction of sp³-hybridized carbons (Fsp3) is 0. The van der Waals surface area contributed by atoms with Crippen molar-refractivity contribution < 1.29 is 4.79 Å². The van der Waals surface area contributed by atoms with Gasteiger partial charge in [-0.15, -0.1) is 0 Å². The van der Waals surface area contributed by atoms with Crippen LogP contribution in [0.25, 0.3) is 0 Å². The van der Waals surface area contributed by atoms with Crippen LogP contribution in [0.2, 0.25) is 5.02 Å². The van der Waals surface area contributed by atoms with Gasteiger partial charge in [0.15, 0.2) is 0 Å². The normalized spacial score (nSPS) is 10.1. The monoisotopic (exact) mass is 324 g/mol. The number of rotatable bonds is 2. The lowest BCUT2D eigenvalue weighted by Crippen LogP contribution is -2.14. The topological polar surface area (TPSA) is 55.1 Å². The average molecular weight is 326 g/mol. The summed E-state index contributed by atoms with van der Waals surface area (Å²) in [7, 11) is 0. The lowest BCUT2D eigenvalue weighted by atomic mass is 10.1. The summed E-state index contributed by atoms with van der Waals surface area (Å²) in [5.41, 5.74) is 7.15. The minimum absolute atomic E-state index is 0.280. The van der Waals surface area contributed by atoms with Crippen LogP contribution in [0.15, 0.2) is 46.9 Å². The average Bonchev–Trinajstić information content (AvgIpc) is 2.33. The molecule has 3 N–H and O–H groups in total. The summed E-state index contributed by atoms with van der Waals surface area (Å²) in [5, 5.41) is 3.19. The molecule has 2 aromatic rings. The molecule has 0 aliphatic rings. The number of hydrogen-bond acceptors (Lipinski definition) is 2. The zero-order chi connectivity index (χ0) is 13.1. The molecule has 0 bridgehead atoms. The summed E-state index contributed by atoms with van der Waals surface area (Å²) in [5.74, 6) is -0.280. The molecule has 0 unspecified atom stereocenters. The fourth-order valence-electron chi connectivity index (χ4n) is 1.48. The number of nitrogens with two attached hydrogens (primary N) is 1. The molecule has 0 fully saturated rings. The highest BCUT2D eigenvalue weighted by atomic mass is 79.9. The van der Waals surface area contributed by atoms with E-state index in [0.29, 0.717) is 22.0 Å². The third-order valence-electron chi connectivity index (χ3n) is 2.38. The zero-order valence-corrected chi connectivity index (χ0v) is 11.6. The Morgan fingerprint density at radius 1 is 1.22 bits per heavy atom. The molecule has 2 aromatic carbocycles. The number of anilines is 2. The van der Waals surface area contributed by atoms with Crippen molar-refractivity contribution in [3.63, 3.8) is 0 Å². The van der Waals surface area contributed by atoms with Crippen molar-refractivity contribution in [1.82, 2.24) is 0 Å². The highest BCUT2D eigenvalue weighted by molar-refractivity contribution is 9.10. The van der Waals surface area contributed by atoms with E-state index in [1.54, 1.807) is 42.5 Å². The molecule has 5 heteroatoms. The van der Waals surface area contributed by atoms with E-state index >= 15 is 0 Å². The summed E-state index contributed by atoms with van der Waals surface area (Å²) in [6.07, 6.45) is 0. The van der Waals surface area contributed by atoms with Gasteiger partial charge in [-0.1, -0.05) is 39.7 Å². The van der Waals surface area contributed by atoms with Crippen molar-refractivity contribution in [3.8, 4) is 0 Å². The largest absolute Gasteiger partial charge is 0.398 e. The Balaban J connectivity index is 2.24. The number of hydrogen-bond donors (Lipinski definition) is 2. The molecule has 3 nitrogen and oxygen atoms in total. The van der Waals surface area contributed by atoms with Crippen LogP contribution >= 0.6 is 27.5 Å². The van der Waals surface area contributed by atoms with E-state index in [4.69, 9.17) is 17.3 Å². The Labute approximate surface area is 118 Å².